The second kappa shape index (κ2) is 5.84. The van der Waals surface area contributed by atoms with Gasteiger partial charge in [-0.25, -0.2) is 15.2 Å². The normalized spacial score (nSPS) is 8.60. The molecule has 0 heterocycles. The predicted octanol–water partition coefficient (Wildman–Crippen LogP) is 0.907. The van der Waals surface area contributed by atoms with Crippen LogP contribution in [0.3, 0.4) is 0 Å². The van der Waals surface area contributed by atoms with Gasteiger partial charge in [-0.15, -0.1) is 12.4 Å². The molecule has 82 valence electrons. The average Bonchev–Trinajstić information content (AvgIpc) is 2.19. The third kappa shape index (κ3) is 3.12. The first-order valence-electron chi connectivity index (χ1n) is 3.80. The van der Waals surface area contributed by atoms with E-state index in [0.29, 0.717) is 5.69 Å². The van der Waals surface area contributed by atoms with E-state index in [1.807, 2.05) is 0 Å². The number of rotatable bonds is 1. The molecule has 0 spiro atoms. The molecule has 1 rings (SSSR count). The number of urea groups is 1. The van der Waals surface area contributed by atoms with Crippen molar-refractivity contribution >= 4 is 30.1 Å². The van der Waals surface area contributed by atoms with Gasteiger partial charge in [-0.1, -0.05) is 18.2 Å². The van der Waals surface area contributed by atoms with Crippen molar-refractivity contribution in [1.29, 1.82) is 5.41 Å². The maximum absolute atomic E-state index is 11.1. The van der Waals surface area contributed by atoms with Crippen molar-refractivity contribution in [2.45, 2.75) is 0 Å². The Hall–Kier alpha value is -1.79. The number of nitrogens with two attached hydrogens (primary N) is 1. The van der Waals surface area contributed by atoms with Gasteiger partial charge >= 0.3 is 6.03 Å². The third-order valence-corrected chi connectivity index (χ3v) is 1.55. The molecule has 0 aliphatic rings. The van der Waals surface area contributed by atoms with E-state index in [0.717, 1.165) is 4.90 Å². The number of hydrogen-bond donors (Lipinski definition) is 4. The zero-order valence-corrected chi connectivity index (χ0v) is 8.49. The summed E-state index contributed by atoms with van der Waals surface area (Å²) in [6.45, 7) is 0. The van der Waals surface area contributed by atoms with Gasteiger partial charge in [-0.05, 0) is 12.1 Å². The van der Waals surface area contributed by atoms with Crippen LogP contribution in [-0.2, 0) is 0 Å². The van der Waals surface area contributed by atoms with Crippen molar-refractivity contribution in [3.63, 3.8) is 0 Å². The first-order valence-corrected chi connectivity index (χ1v) is 3.80. The van der Waals surface area contributed by atoms with Crippen LogP contribution in [0, 0.1) is 5.41 Å². The molecule has 0 saturated carbocycles. The highest BCUT2D eigenvalue weighted by Gasteiger charge is 2.17. The van der Waals surface area contributed by atoms with Gasteiger partial charge in [-0.3, -0.25) is 10.6 Å². The van der Waals surface area contributed by atoms with Crippen LogP contribution in [0.25, 0.3) is 0 Å². The number of halogens is 1. The molecule has 6 nitrogen and oxygen atoms in total. The summed E-state index contributed by atoms with van der Waals surface area (Å²) >= 11 is 0. The number of hydroxylamine groups is 1. The standard InChI is InChI=1S/C8H10N4O2.ClH/c9-7(10)12(8(13)11-14)6-4-2-1-3-5-6;/h1-5,14H,(H3,9,10)(H,11,13);1H. The number of carbonyl (C=O) groups excluding carboxylic acids is 1. The van der Waals surface area contributed by atoms with E-state index in [-0.39, 0.29) is 12.4 Å². The Morgan fingerprint density at radius 1 is 1.40 bits per heavy atom. The number of hydrogen-bond acceptors (Lipinski definition) is 3. The monoisotopic (exact) mass is 230 g/mol. The zero-order chi connectivity index (χ0) is 10.6. The molecule has 0 aliphatic heterocycles. The maximum Gasteiger partial charge on any atom is 0.352 e. The van der Waals surface area contributed by atoms with E-state index in [4.69, 9.17) is 16.4 Å². The van der Waals surface area contributed by atoms with Crippen molar-refractivity contribution in [1.82, 2.24) is 5.48 Å². The second-order valence-corrected chi connectivity index (χ2v) is 2.47. The van der Waals surface area contributed by atoms with Gasteiger partial charge in [0.2, 0.25) is 5.96 Å². The van der Waals surface area contributed by atoms with Crippen LogP contribution >= 0.6 is 12.4 Å². The summed E-state index contributed by atoms with van der Waals surface area (Å²) in [5, 5.41) is 15.6. The Labute approximate surface area is 92.6 Å². The van der Waals surface area contributed by atoms with Gasteiger partial charge in [0.15, 0.2) is 0 Å². The number of nitrogens with one attached hydrogen (secondary N) is 2. The number of anilines is 1. The first kappa shape index (κ1) is 13.2. The molecule has 0 radical (unpaired) electrons. The smallest absolute Gasteiger partial charge is 0.352 e. The van der Waals surface area contributed by atoms with Crippen molar-refractivity contribution in [2.24, 2.45) is 5.73 Å². The van der Waals surface area contributed by atoms with Gasteiger partial charge < -0.3 is 5.73 Å². The van der Waals surface area contributed by atoms with Crippen molar-refractivity contribution < 1.29 is 10.0 Å². The Morgan fingerprint density at radius 3 is 2.33 bits per heavy atom. The minimum Gasteiger partial charge on any atom is -0.369 e. The van der Waals surface area contributed by atoms with Crippen molar-refractivity contribution in [3.05, 3.63) is 30.3 Å². The molecular formula is C8H11ClN4O2. The molecular weight excluding hydrogens is 220 g/mol. The minimum atomic E-state index is -0.872. The molecule has 7 heteroatoms. The fourth-order valence-electron chi connectivity index (χ4n) is 0.993. The SMILES string of the molecule is Cl.N=C(N)N(C(=O)NO)c1ccccc1. The van der Waals surface area contributed by atoms with E-state index < -0.39 is 12.0 Å². The van der Waals surface area contributed by atoms with Gasteiger partial charge in [0.25, 0.3) is 0 Å². The topological polar surface area (TPSA) is 102 Å². The maximum atomic E-state index is 11.1. The van der Waals surface area contributed by atoms with Gasteiger partial charge in [0.05, 0.1) is 5.69 Å². The highest BCUT2D eigenvalue weighted by atomic mass is 35.5. The molecule has 0 atom stereocenters. The van der Waals surface area contributed by atoms with E-state index in [2.05, 4.69) is 0 Å². The lowest BCUT2D eigenvalue weighted by Gasteiger charge is -2.18. The average molecular weight is 231 g/mol. The fourth-order valence-corrected chi connectivity index (χ4v) is 0.993. The highest BCUT2D eigenvalue weighted by molar-refractivity contribution is 6.13. The van der Waals surface area contributed by atoms with Crippen LogP contribution in [0.4, 0.5) is 10.5 Å². The summed E-state index contributed by atoms with van der Waals surface area (Å²) in [5.41, 5.74) is 7.00. The number of amides is 2. The Balaban J connectivity index is 0.00000196. The van der Waals surface area contributed by atoms with E-state index in [1.54, 1.807) is 30.3 Å². The highest BCUT2D eigenvalue weighted by Crippen LogP contribution is 2.12. The second-order valence-electron chi connectivity index (χ2n) is 2.47. The lowest BCUT2D eigenvalue weighted by Crippen LogP contribution is -2.46. The predicted molar refractivity (Wildman–Crippen MR) is 58.4 cm³/mol. The van der Waals surface area contributed by atoms with Crippen LogP contribution < -0.4 is 16.1 Å². The molecule has 0 aromatic heterocycles. The van der Waals surface area contributed by atoms with Crippen LogP contribution in [-0.4, -0.2) is 17.2 Å². The number of guanidine groups is 1. The van der Waals surface area contributed by atoms with Gasteiger partial charge in [0, 0.05) is 0 Å². The number of carbonyl (C=O) groups is 1. The fraction of sp³-hybridized carbons (Fsp3) is 0. The molecule has 0 aliphatic carbocycles. The molecule has 0 bridgehead atoms. The molecule has 0 fully saturated rings. The van der Waals surface area contributed by atoms with E-state index in [9.17, 15) is 4.79 Å². The summed E-state index contributed by atoms with van der Waals surface area (Å²) < 4.78 is 0. The third-order valence-electron chi connectivity index (χ3n) is 1.55. The first-order chi connectivity index (χ1) is 6.66. The molecule has 0 unspecified atom stereocenters. The molecule has 15 heavy (non-hydrogen) atoms. The summed E-state index contributed by atoms with van der Waals surface area (Å²) in [6.07, 6.45) is 0. The minimum absolute atomic E-state index is 0. The molecule has 1 aromatic rings. The zero-order valence-electron chi connectivity index (χ0n) is 7.68. The van der Waals surface area contributed by atoms with Crippen molar-refractivity contribution in [2.75, 3.05) is 4.90 Å². The Morgan fingerprint density at radius 2 is 1.93 bits per heavy atom. The summed E-state index contributed by atoms with van der Waals surface area (Å²) in [6, 6.07) is 7.46. The Kier molecular flexibility index (Phi) is 5.14. The largest absolute Gasteiger partial charge is 0.369 e. The molecule has 0 saturated heterocycles. The summed E-state index contributed by atoms with van der Waals surface area (Å²) in [5.74, 6) is -0.470. The molecule has 5 N–H and O–H groups in total. The summed E-state index contributed by atoms with van der Waals surface area (Å²) in [4.78, 5) is 11.9. The van der Waals surface area contributed by atoms with Gasteiger partial charge in [0.1, 0.15) is 0 Å². The van der Waals surface area contributed by atoms with Crippen LogP contribution in [0.1, 0.15) is 0 Å². The Bertz CT molecular complexity index is 344. The summed E-state index contributed by atoms with van der Waals surface area (Å²) in [7, 11) is 0. The quantitative estimate of drug-likeness (QED) is 0.250. The number of benzene rings is 1. The van der Waals surface area contributed by atoms with Crippen LogP contribution in [0.5, 0.6) is 0 Å². The number of nitrogens with zero attached hydrogens (tertiary/aromatic N) is 1. The lowest BCUT2D eigenvalue weighted by atomic mass is 10.3. The lowest BCUT2D eigenvalue weighted by molar-refractivity contribution is 0.169. The van der Waals surface area contributed by atoms with E-state index in [1.165, 1.54) is 5.48 Å². The van der Waals surface area contributed by atoms with Crippen molar-refractivity contribution in [3.8, 4) is 0 Å². The molecule has 2 amide bonds. The van der Waals surface area contributed by atoms with Crippen LogP contribution in [0.15, 0.2) is 30.3 Å². The van der Waals surface area contributed by atoms with Gasteiger partial charge in [-0.2, -0.15) is 0 Å². The van der Waals surface area contributed by atoms with Crippen LogP contribution in [0.2, 0.25) is 0 Å². The number of para-hydroxylation sites is 1. The molecule has 1 aromatic carbocycles. The van der Waals surface area contributed by atoms with E-state index >= 15 is 0 Å².